The zero-order chi connectivity index (χ0) is 20.8. The van der Waals surface area contributed by atoms with E-state index in [2.05, 4.69) is 10.3 Å². The Bertz CT molecular complexity index is 1200. The molecule has 0 saturated carbocycles. The van der Waals surface area contributed by atoms with Gasteiger partial charge in [0.2, 0.25) is 0 Å². The van der Waals surface area contributed by atoms with E-state index >= 15 is 0 Å². The third kappa shape index (κ3) is 4.04. The summed E-state index contributed by atoms with van der Waals surface area (Å²) in [4.78, 5) is 16.9. The highest BCUT2D eigenvalue weighted by molar-refractivity contribution is 8.26. The molecule has 3 aromatic rings. The molecule has 0 radical (unpaired) electrons. The number of thiocarbonyl (C=S) groups is 1. The normalized spacial score (nSPS) is 15.9. The quantitative estimate of drug-likeness (QED) is 0.417. The Morgan fingerprint density at radius 2 is 1.93 bits per heavy atom. The zero-order valence-electron chi connectivity index (χ0n) is 15.0. The van der Waals surface area contributed by atoms with E-state index in [0.717, 1.165) is 28.8 Å². The maximum absolute atomic E-state index is 13.0. The van der Waals surface area contributed by atoms with Crippen molar-refractivity contribution in [2.75, 3.05) is 0 Å². The zero-order valence-corrected chi connectivity index (χ0v) is 16.6. The van der Waals surface area contributed by atoms with Crippen LogP contribution in [0.5, 0.6) is 0 Å². The van der Waals surface area contributed by atoms with Gasteiger partial charge in [-0.2, -0.15) is 13.2 Å². The third-order valence-electron chi connectivity index (χ3n) is 4.43. The average molecular weight is 430 g/mol. The lowest BCUT2D eigenvalue weighted by Crippen LogP contribution is -2.17. The number of hydrogen-bond donors (Lipinski definition) is 1. The van der Waals surface area contributed by atoms with Crippen molar-refractivity contribution >= 4 is 51.2 Å². The lowest BCUT2D eigenvalue weighted by molar-refractivity contribution is -0.137. The van der Waals surface area contributed by atoms with E-state index in [1.807, 2.05) is 31.2 Å². The van der Waals surface area contributed by atoms with Crippen molar-refractivity contribution in [3.8, 4) is 11.3 Å². The lowest BCUT2D eigenvalue weighted by Gasteiger charge is -2.11. The number of nitrogens with zero attached hydrogens (tertiary/aromatic N) is 1. The maximum Gasteiger partial charge on any atom is 0.416 e. The van der Waals surface area contributed by atoms with Gasteiger partial charge in [-0.15, -0.1) is 0 Å². The smallest absolute Gasteiger partial charge is 0.307 e. The third-order valence-corrected chi connectivity index (χ3v) is 5.60. The van der Waals surface area contributed by atoms with E-state index in [1.54, 1.807) is 12.1 Å². The minimum atomic E-state index is -4.39. The summed E-state index contributed by atoms with van der Waals surface area (Å²) < 4.78 is 39.3. The number of amides is 1. The van der Waals surface area contributed by atoms with Crippen molar-refractivity contribution in [3.63, 3.8) is 0 Å². The summed E-state index contributed by atoms with van der Waals surface area (Å²) in [5.74, 6) is -0.231. The van der Waals surface area contributed by atoms with E-state index in [9.17, 15) is 18.0 Å². The van der Waals surface area contributed by atoms with Gasteiger partial charge in [0.1, 0.15) is 4.32 Å². The van der Waals surface area contributed by atoms with Gasteiger partial charge in [0.05, 0.1) is 21.7 Å². The van der Waals surface area contributed by atoms with Crippen LogP contribution in [-0.4, -0.2) is 15.2 Å². The van der Waals surface area contributed by atoms with Crippen molar-refractivity contribution in [1.82, 2.24) is 10.3 Å². The van der Waals surface area contributed by atoms with Crippen LogP contribution in [0.15, 0.2) is 53.4 Å². The number of fused-ring (bicyclic) bond motifs is 1. The molecular weight excluding hydrogens is 417 g/mol. The number of nitrogens with one attached hydrogen (secondary N) is 1. The molecule has 8 heteroatoms. The van der Waals surface area contributed by atoms with Crippen LogP contribution in [0, 0.1) is 6.92 Å². The fraction of sp³-hybridized carbons (Fsp3) is 0.0952. The topological polar surface area (TPSA) is 42.0 Å². The largest absolute Gasteiger partial charge is 0.416 e. The number of hydrogen-bond acceptors (Lipinski definition) is 4. The van der Waals surface area contributed by atoms with Gasteiger partial charge in [0.15, 0.2) is 0 Å². The van der Waals surface area contributed by atoms with Gasteiger partial charge < -0.3 is 5.32 Å². The Morgan fingerprint density at radius 3 is 2.62 bits per heavy atom. The Labute approximate surface area is 174 Å². The molecule has 1 N–H and O–H groups in total. The van der Waals surface area contributed by atoms with Crippen LogP contribution in [0.25, 0.3) is 28.2 Å². The predicted octanol–water partition coefficient (Wildman–Crippen LogP) is 5.72. The van der Waals surface area contributed by atoms with Crippen LogP contribution < -0.4 is 5.32 Å². The van der Waals surface area contributed by atoms with Crippen LogP contribution in [-0.2, 0) is 11.0 Å². The van der Waals surface area contributed by atoms with E-state index in [-0.39, 0.29) is 5.91 Å². The fourth-order valence-corrected chi connectivity index (χ4v) is 4.14. The van der Waals surface area contributed by atoms with Crippen molar-refractivity contribution in [2.45, 2.75) is 13.1 Å². The van der Waals surface area contributed by atoms with Crippen LogP contribution in [0.2, 0.25) is 0 Å². The van der Waals surface area contributed by atoms with Gasteiger partial charge in [0, 0.05) is 10.9 Å². The van der Waals surface area contributed by atoms with E-state index in [0.29, 0.717) is 25.8 Å². The van der Waals surface area contributed by atoms with Crippen molar-refractivity contribution in [3.05, 3.63) is 70.1 Å². The van der Waals surface area contributed by atoms with Crippen LogP contribution in [0.3, 0.4) is 0 Å². The predicted molar refractivity (Wildman–Crippen MR) is 113 cm³/mol. The van der Waals surface area contributed by atoms with Crippen LogP contribution in [0.1, 0.15) is 16.7 Å². The molecule has 4 rings (SSSR count). The summed E-state index contributed by atoms with van der Waals surface area (Å²) >= 11 is 6.20. The maximum atomic E-state index is 13.0. The SMILES string of the molecule is Cc1cc2cc(C(F)(F)F)ccc2nc1-c1cccc(C=C2SC(=S)NC2=O)c1. The molecule has 29 heavy (non-hydrogen) atoms. The highest BCUT2D eigenvalue weighted by atomic mass is 32.2. The molecule has 2 aromatic carbocycles. The van der Waals surface area contributed by atoms with Gasteiger partial charge in [-0.25, -0.2) is 4.98 Å². The second kappa shape index (κ2) is 7.27. The Morgan fingerprint density at radius 1 is 1.14 bits per heavy atom. The van der Waals surface area contributed by atoms with Gasteiger partial charge >= 0.3 is 6.18 Å². The second-order valence-corrected chi connectivity index (χ2v) is 8.26. The number of benzene rings is 2. The number of halogens is 3. The molecule has 0 spiro atoms. The summed E-state index contributed by atoms with van der Waals surface area (Å²) in [6, 6.07) is 12.7. The number of thioether (sulfide) groups is 1. The van der Waals surface area contributed by atoms with Crippen molar-refractivity contribution < 1.29 is 18.0 Å². The van der Waals surface area contributed by atoms with E-state index in [1.165, 1.54) is 17.8 Å². The molecular formula is C21H13F3N2OS2. The second-order valence-electron chi connectivity index (χ2n) is 6.54. The number of carbonyl (C=O) groups excluding carboxylic acids is 1. The van der Waals surface area contributed by atoms with Crippen LogP contribution in [0.4, 0.5) is 13.2 Å². The van der Waals surface area contributed by atoms with Crippen molar-refractivity contribution in [2.24, 2.45) is 0 Å². The minimum absolute atomic E-state index is 0.231. The molecule has 1 amide bonds. The molecule has 0 unspecified atom stereocenters. The number of rotatable bonds is 2. The van der Waals surface area contributed by atoms with Crippen LogP contribution >= 0.6 is 24.0 Å². The summed E-state index contributed by atoms with van der Waals surface area (Å²) in [7, 11) is 0. The standard InChI is InChI=1S/C21H13F3N2OS2/c1-11-7-14-10-15(21(22,23)24)5-6-16(14)25-18(11)13-4-2-3-12(8-13)9-17-19(27)26-20(28)29-17/h2-10H,1H3,(H,26,27,28). The fourth-order valence-electron chi connectivity index (χ4n) is 3.10. The first-order valence-corrected chi connectivity index (χ1v) is 9.77. The molecule has 2 heterocycles. The molecule has 1 fully saturated rings. The lowest BCUT2D eigenvalue weighted by atomic mass is 10.0. The Balaban J connectivity index is 1.75. The molecule has 0 aliphatic carbocycles. The van der Waals surface area contributed by atoms with E-state index < -0.39 is 11.7 Å². The summed E-state index contributed by atoms with van der Waals surface area (Å²) in [6.07, 6.45) is -2.65. The Kier molecular flexibility index (Phi) is 4.92. The average Bonchev–Trinajstić information content (AvgIpc) is 2.97. The van der Waals surface area contributed by atoms with E-state index in [4.69, 9.17) is 12.2 Å². The molecule has 1 saturated heterocycles. The summed E-state index contributed by atoms with van der Waals surface area (Å²) in [5, 5.41) is 3.01. The molecule has 1 aliphatic rings. The van der Waals surface area contributed by atoms with Crippen molar-refractivity contribution in [1.29, 1.82) is 0 Å². The Hall–Kier alpha value is -2.71. The summed E-state index contributed by atoms with van der Waals surface area (Å²) in [6.45, 7) is 1.81. The highest BCUT2D eigenvalue weighted by Gasteiger charge is 2.30. The van der Waals surface area contributed by atoms with Gasteiger partial charge in [-0.3, -0.25) is 4.79 Å². The molecule has 0 bridgehead atoms. The minimum Gasteiger partial charge on any atom is -0.307 e. The molecule has 3 nitrogen and oxygen atoms in total. The molecule has 1 aliphatic heterocycles. The highest BCUT2D eigenvalue weighted by Crippen LogP contribution is 2.33. The van der Waals surface area contributed by atoms with Gasteiger partial charge in [-0.1, -0.05) is 42.2 Å². The first-order valence-electron chi connectivity index (χ1n) is 8.54. The number of pyridine rings is 1. The summed E-state index contributed by atoms with van der Waals surface area (Å²) in [5.41, 5.74) is 2.84. The number of carbonyl (C=O) groups is 1. The number of aromatic nitrogens is 1. The first kappa shape index (κ1) is 19.6. The number of aryl methyl sites for hydroxylation is 1. The number of alkyl halides is 3. The van der Waals surface area contributed by atoms with Gasteiger partial charge in [0.25, 0.3) is 5.91 Å². The molecule has 1 aromatic heterocycles. The van der Waals surface area contributed by atoms with Gasteiger partial charge in [-0.05, 0) is 54.5 Å². The molecule has 146 valence electrons. The molecule has 0 atom stereocenters. The first-order chi connectivity index (χ1) is 13.7. The monoisotopic (exact) mass is 430 g/mol.